The second kappa shape index (κ2) is 9.64. The van der Waals surface area contributed by atoms with Crippen LogP contribution in [0.5, 0.6) is 17.2 Å². The molecule has 2 heterocycles. The van der Waals surface area contributed by atoms with Crippen LogP contribution in [0.25, 0.3) is 0 Å². The lowest BCUT2D eigenvalue weighted by molar-refractivity contribution is 0.0939. The van der Waals surface area contributed by atoms with Gasteiger partial charge in [0.15, 0.2) is 16.6 Å². The van der Waals surface area contributed by atoms with Gasteiger partial charge in [0.1, 0.15) is 0 Å². The molecule has 3 rings (SSSR count). The van der Waals surface area contributed by atoms with Crippen LogP contribution in [0.1, 0.15) is 37.6 Å². The minimum absolute atomic E-state index is 0.0778. The number of aromatic nitrogens is 1. The van der Waals surface area contributed by atoms with Gasteiger partial charge in [0.2, 0.25) is 5.75 Å². The number of rotatable bonds is 9. The quantitative estimate of drug-likeness (QED) is 0.690. The monoisotopic (exact) mass is 405 g/mol. The van der Waals surface area contributed by atoms with Crippen LogP contribution in [0, 0.1) is 0 Å². The number of carbonyl (C=O) groups is 1. The third kappa shape index (κ3) is 4.67. The van der Waals surface area contributed by atoms with Crippen molar-refractivity contribution in [3.8, 4) is 17.2 Å². The maximum Gasteiger partial charge on any atom is 0.251 e. The summed E-state index contributed by atoms with van der Waals surface area (Å²) in [6.45, 7) is 8.77. The molecule has 1 aromatic carbocycles. The molecular weight excluding hydrogens is 378 g/mol. The van der Waals surface area contributed by atoms with Gasteiger partial charge in [-0.25, -0.2) is 4.98 Å². The van der Waals surface area contributed by atoms with Gasteiger partial charge in [0.25, 0.3) is 5.91 Å². The number of anilines is 1. The number of nitrogens with one attached hydrogen (secondary N) is 1. The fourth-order valence-corrected chi connectivity index (χ4v) is 3.89. The van der Waals surface area contributed by atoms with Crippen molar-refractivity contribution in [3.63, 3.8) is 0 Å². The third-order valence-electron chi connectivity index (χ3n) is 4.38. The van der Waals surface area contributed by atoms with Crippen molar-refractivity contribution in [1.29, 1.82) is 0 Å². The van der Waals surface area contributed by atoms with Gasteiger partial charge in [0, 0.05) is 36.3 Å². The first kappa shape index (κ1) is 20.3. The van der Waals surface area contributed by atoms with Crippen LogP contribution in [0.2, 0.25) is 0 Å². The van der Waals surface area contributed by atoms with Crippen LogP contribution in [0.4, 0.5) is 5.13 Å². The molecule has 28 heavy (non-hydrogen) atoms. The lowest BCUT2D eigenvalue weighted by atomic mass is 10.1. The van der Waals surface area contributed by atoms with Gasteiger partial charge in [-0.3, -0.25) is 4.79 Å². The molecule has 1 unspecified atom stereocenters. The second-order valence-corrected chi connectivity index (χ2v) is 7.19. The Hall–Kier alpha value is -2.48. The van der Waals surface area contributed by atoms with Gasteiger partial charge in [-0.1, -0.05) is 0 Å². The topological polar surface area (TPSA) is 72.9 Å². The van der Waals surface area contributed by atoms with E-state index in [2.05, 4.69) is 15.2 Å². The lowest BCUT2D eigenvalue weighted by Gasteiger charge is -2.18. The molecule has 1 fully saturated rings. The van der Waals surface area contributed by atoms with Crippen molar-refractivity contribution >= 4 is 22.4 Å². The summed E-state index contributed by atoms with van der Waals surface area (Å²) in [6.07, 6.45) is 2.69. The molecule has 1 aliphatic rings. The predicted octanol–water partition coefficient (Wildman–Crippen LogP) is 3.35. The van der Waals surface area contributed by atoms with E-state index in [-0.39, 0.29) is 11.9 Å². The highest BCUT2D eigenvalue weighted by molar-refractivity contribution is 7.13. The van der Waals surface area contributed by atoms with Crippen LogP contribution in [0.3, 0.4) is 0 Å². The van der Waals surface area contributed by atoms with Gasteiger partial charge < -0.3 is 24.4 Å². The minimum Gasteiger partial charge on any atom is -0.490 e. The summed E-state index contributed by atoms with van der Waals surface area (Å²) in [5.74, 6) is 1.45. The molecule has 7 nitrogen and oxygen atoms in total. The van der Waals surface area contributed by atoms with Crippen molar-refractivity contribution < 1.29 is 19.0 Å². The highest BCUT2D eigenvalue weighted by Gasteiger charge is 2.26. The van der Waals surface area contributed by atoms with Gasteiger partial charge in [-0.05, 0) is 39.3 Å². The molecule has 0 aliphatic carbocycles. The minimum atomic E-state index is -0.143. The number of thiazole rings is 1. The van der Waals surface area contributed by atoms with Crippen molar-refractivity contribution in [1.82, 2.24) is 10.3 Å². The van der Waals surface area contributed by atoms with Crippen LogP contribution in [0.15, 0.2) is 23.7 Å². The molecule has 1 atom stereocenters. The van der Waals surface area contributed by atoms with Crippen molar-refractivity contribution in [2.24, 2.45) is 0 Å². The lowest BCUT2D eigenvalue weighted by Crippen LogP contribution is -2.37. The zero-order chi connectivity index (χ0) is 19.9. The van der Waals surface area contributed by atoms with E-state index in [9.17, 15) is 4.79 Å². The van der Waals surface area contributed by atoms with E-state index in [1.807, 2.05) is 26.2 Å². The van der Waals surface area contributed by atoms with Crippen LogP contribution >= 0.6 is 11.3 Å². The molecule has 0 saturated carbocycles. The van der Waals surface area contributed by atoms with Crippen LogP contribution < -0.4 is 24.4 Å². The molecule has 152 valence electrons. The first-order valence-corrected chi connectivity index (χ1v) is 10.6. The van der Waals surface area contributed by atoms with E-state index in [0.717, 1.165) is 24.6 Å². The SMILES string of the molecule is CCOc1cc(C(=O)NC2CCN(c3nccs3)C2)cc(OCC)c1OCC. The average molecular weight is 406 g/mol. The summed E-state index contributed by atoms with van der Waals surface area (Å²) in [5.41, 5.74) is 0.503. The van der Waals surface area contributed by atoms with Gasteiger partial charge in [-0.2, -0.15) is 0 Å². The summed E-state index contributed by atoms with van der Waals surface area (Å²) >= 11 is 1.61. The average Bonchev–Trinajstić information content (AvgIpc) is 3.36. The molecular formula is C20H27N3O4S. The maximum absolute atomic E-state index is 12.9. The molecule has 0 bridgehead atoms. The standard InChI is InChI=1S/C20H27N3O4S/c1-4-25-16-11-14(12-17(26-5-2)18(16)27-6-3)19(24)22-15-7-9-23(13-15)20-21-8-10-28-20/h8,10-12,15H,4-7,9,13H2,1-3H3,(H,22,24). The maximum atomic E-state index is 12.9. The normalized spacial score (nSPS) is 16.1. The Labute approximate surface area is 169 Å². The summed E-state index contributed by atoms with van der Waals surface area (Å²) in [4.78, 5) is 19.4. The van der Waals surface area contributed by atoms with Crippen molar-refractivity contribution in [2.75, 3.05) is 37.8 Å². The number of hydrogen-bond acceptors (Lipinski definition) is 7. The number of nitrogens with zero attached hydrogens (tertiary/aromatic N) is 2. The Balaban J connectivity index is 1.75. The summed E-state index contributed by atoms with van der Waals surface area (Å²) in [5, 5.41) is 6.08. The van der Waals surface area contributed by atoms with Crippen molar-refractivity contribution in [3.05, 3.63) is 29.3 Å². The number of hydrogen-bond donors (Lipinski definition) is 1. The zero-order valence-corrected chi connectivity index (χ0v) is 17.4. The highest BCUT2D eigenvalue weighted by atomic mass is 32.1. The van der Waals surface area contributed by atoms with Crippen molar-refractivity contribution in [2.45, 2.75) is 33.2 Å². The fourth-order valence-electron chi connectivity index (χ4n) is 3.21. The van der Waals surface area contributed by atoms with Crippen LogP contribution in [-0.2, 0) is 0 Å². The number of benzene rings is 1. The molecule has 1 N–H and O–H groups in total. The van der Waals surface area contributed by atoms with Gasteiger partial charge >= 0.3 is 0 Å². The predicted molar refractivity (Wildman–Crippen MR) is 110 cm³/mol. The molecule has 8 heteroatoms. The van der Waals surface area contributed by atoms with Crippen LogP contribution in [-0.4, -0.2) is 49.8 Å². The van der Waals surface area contributed by atoms with E-state index in [4.69, 9.17) is 14.2 Å². The van der Waals surface area contributed by atoms with E-state index in [1.165, 1.54) is 0 Å². The Morgan fingerprint density at radius 1 is 1.18 bits per heavy atom. The summed E-state index contributed by atoms with van der Waals surface area (Å²) in [7, 11) is 0. The van der Waals surface area contributed by atoms with E-state index >= 15 is 0 Å². The van der Waals surface area contributed by atoms with Gasteiger partial charge in [0.05, 0.1) is 19.8 Å². The third-order valence-corrected chi connectivity index (χ3v) is 5.22. The Morgan fingerprint density at radius 3 is 2.43 bits per heavy atom. The smallest absolute Gasteiger partial charge is 0.251 e. The number of carbonyl (C=O) groups excluding carboxylic acids is 1. The largest absolute Gasteiger partial charge is 0.490 e. The molecule has 1 aliphatic heterocycles. The summed E-state index contributed by atoms with van der Waals surface area (Å²) < 4.78 is 17.1. The highest BCUT2D eigenvalue weighted by Crippen LogP contribution is 2.39. The zero-order valence-electron chi connectivity index (χ0n) is 16.6. The van der Waals surface area contributed by atoms with E-state index in [1.54, 1.807) is 29.7 Å². The molecule has 1 aromatic heterocycles. The Morgan fingerprint density at radius 2 is 1.86 bits per heavy atom. The van der Waals surface area contributed by atoms with E-state index < -0.39 is 0 Å². The summed E-state index contributed by atoms with van der Waals surface area (Å²) in [6, 6.07) is 3.52. The molecule has 2 aromatic rings. The second-order valence-electron chi connectivity index (χ2n) is 6.32. The molecule has 1 amide bonds. The first-order chi connectivity index (χ1) is 13.7. The number of amides is 1. The molecule has 0 radical (unpaired) electrons. The molecule has 1 saturated heterocycles. The fraction of sp³-hybridized carbons (Fsp3) is 0.500. The van der Waals surface area contributed by atoms with E-state index in [0.29, 0.717) is 42.6 Å². The van der Waals surface area contributed by atoms with Gasteiger partial charge in [-0.15, -0.1) is 11.3 Å². The molecule has 0 spiro atoms. The first-order valence-electron chi connectivity index (χ1n) is 9.67. The number of ether oxygens (including phenoxy) is 3. The Kier molecular flexibility index (Phi) is 6.97. The Bertz CT molecular complexity index is 755.